The normalized spacial score (nSPS) is 10.9. The van der Waals surface area contributed by atoms with Gasteiger partial charge >= 0.3 is 0 Å². The number of benzene rings is 2. The second-order valence-electron chi connectivity index (χ2n) is 4.11. The summed E-state index contributed by atoms with van der Waals surface area (Å²) in [6.45, 7) is 0. The fraction of sp³-hybridized carbons (Fsp3) is 0.0714. The van der Waals surface area contributed by atoms with Crippen LogP contribution in [-0.4, -0.2) is 12.0 Å². The predicted octanol–water partition coefficient (Wildman–Crippen LogP) is 2.94. The van der Waals surface area contributed by atoms with Crippen LogP contribution in [0.5, 0.6) is 0 Å². The molecule has 0 saturated heterocycles. The third-order valence-electron chi connectivity index (χ3n) is 2.91. The summed E-state index contributed by atoms with van der Waals surface area (Å²) in [6.07, 6.45) is 0. The number of fused-ring (bicyclic) bond motifs is 2. The van der Waals surface area contributed by atoms with Crippen molar-refractivity contribution in [2.45, 2.75) is 0 Å². The number of nitrogens with zero attached hydrogens (tertiary/aromatic N) is 2. The van der Waals surface area contributed by atoms with E-state index in [1.165, 1.54) is 0 Å². The molecule has 0 fully saturated rings. The molecule has 3 rings (SSSR count). The van der Waals surface area contributed by atoms with Crippen LogP contribution in [-0.2, 0) is 0 Å². The van der Waals surface area contributed by atoms with Crippen LogP contribution in [0.4, 0.5) is 5.69 Å². The Hall–Kier alpha value is -2.13. The molecule has 0 aliphatic heterocycles. The summed E-state index contributed by atoms with van der Waals surface area (Å²) in [4.78, 5) is 4.64. The van der Waals surface area contributed by atoms with E-state index in [1.54, 1.807) is 5.01 Å². The van der Waals surface area contributed by atoms with Crippen LogP contribution in [0.1, 0.15) is 1.43 Å². The lowest BCUT2D eigenvalue weighted by Crippen LogP contribution is -2.25. The molecule has 86 valence electrons. The molecule has 3 nitrogen and oxygen atoms in total. The Kier molecular flexibility index (Phi) is 2.20. The minimum atomic E-state index is 0. The van der Waals surface area contributed by atoms with Crippen LogP contribution >= 0.6 is 0 Å². The van der Waals surface area contributed by atoms with Crippen LogP contribution in [0, 0.1) is 0 Å². The molecule has 3 heteroatoms. The maximum atomic E-state index is 5.95. The van der Waals surface area contributed by atoms with Gasteiger partial charge in [-0.3, -0.25) is 0 Å². The summed E-state index contributed by atoms with van der Waals surface area (Å²) in [5.41, 5.74) is 2.96. The Labute approximate surface area is 101 Å². The molecular formula is C14H15N3. The standard InChI is InChI=1S/C14H13N3.H2/c1-17(15)14-10-6-2-4-8-12(10)16-13-9-5-3-7-11(13)14;/h2-9H,15H2,1H3;1H. The molecule has 1 aromatic heterocycles. The molecule has 0 bridgehead atoms. The first-order valence-electron chi connectivity index (χ1n) is 5.53. The summed E-state index contributed by atoms with van der Waals surface area (Å²) in [7, 11) is 1.86. The van der Waals surface area contributed by atoms with Crippen LogP contribution in [0.25, 0.3) is 21.8 Å². The molecule has 2 N–H and O–H groups in total. The van der Waals surface area contributed by atoms with Gasteiger partial charge in [0.1, 0.15) is 0 Å². The molecule has 2 aromatic carbocycles. The lowest BCUT2D eigenvalue weighted by atomic mass is 10.1. The van der Waals surface area contributed by atoms with Crippen molar-refractivity contribution in [2.75, 3.05) is 12.1 Å². The topological polar surface area (TPSA) is 42.1 Å². The summed E-state index contributed by atoms with van der Waals surface area (Å²) < 4.78 is 0. The van der Waals surface area contributed by atoms with E-state index in [4.69, 9.17) is 5.84 Å². The van der Waals surface area contributed by atoms with Gasteiger partial charge in [0.05, 0.1) is 16.7 Å². The van der Waals surface area contributed by atoms with E-state index in [2.05, 4.69) is 4.98 Å². The quantitative estimate of drug-likeness (QED) is 0.393. The Morgan fingerprint density at radius 3 is 1.88 bits per heavy atom. The highest BCUT2D eigenvalue weighted by molar-refractivity contribution is 6.07. The second-order valence-corrected chi connectivity index (χ2v) is 4.11. The number of rotatable bonds is 1. The number of aromatic nitrogens is 1. The Morgan fingerprint density at radius 2 is 1.41 bits per heavy atom. The van der Waals surface area contributed by atoms with Crippen molar-refractivity contribution >= 4 is 27.5 Å². The summed E-state index contributed by atoms with van der Waals surface area (Å²) in [5.74, 6) is 5.95. The zero-order valence-electron chi connectivity index (χ0n) is 9.59. The monoisotopic (exact) mass is 225 g/mol. The van der Waals surface area contributed by atoms with Gasteiger partial charge in [0.15, 0.2) is 0 Å². The lowest BCUT2D eigenvalue weighted by Gasteiger charge is -2.17. The van der Waals surface area contributed by atoms with Crippen molar-refractivity contribution in [1.29, 1.82) is 0 Å². The molecule has 0 atom stereocenters. The molecule has 0 saturated carbocycles. The fourth-order valence-corrected chi connectivity index (χ4v) is 2.20. The van der Waals surface area contributed by atoms with Gasteiger partial charge in [0.25, 0.3) is 0 Å². The van der Waals surface area contributed by atoms with Gasteiger partial charge in [-0.15, -0.1) is 0 Å². The zero-order valence-corrected chi connectivity index (χ0v) is 9.59. The van der Waals surface area contributed by atoms with Crippen molar-refractivity contribution < 1.29 is 1.43 Å². The molecule has 17 heavy (non-hydrogen) atoms. The Bertz CT molecular complexity index is 641. The number of hydrazine groups is 1. The molecule has 3 aromatic rings. The van der Waals surface area contributed by atoms with E-state index < -0.39 is 0 Å². The van der Waals surface area contributed by atoms with E-state index in [9.17, 15) is 0 Å². The van der Waals surface area contributed by atoms with E-state index in [0.717, 1.165) is 27.5 Å². The van der Waals surface area contributed by atoms with Gasteiger partial charge in [-0.05, 0) is 12.1 Å². The average molecular weight is 225 g/mol. The molecule has 0 aliphatic rings. The number of pyridine rings is 1. The predicted molar refractivity (Wildman–Crippen MR) is 74.0 cm³/mol. The number of hydrogen-bond acceptors (Lipinski definition) is 3. The van der Waals surface area contributed by atoms with Gasteiger partial charge in [-0.25, -0.2) is 10.8 Å². The SMILES string of the molecule is CN(N)c1c2ccccc2nc2ccccc12.[HH]. The second kappa shape index (κ2) is 3.71. The average Bonchev–Trinajstić information content (AvgIpc) is 2.35. The van der Waals surface area contributed by atoms with Gasteiger partial charge in [0.2, 0.25) is 0 Å². The summed E-state index contributed by atoms with van der Waals surface area (Å²) >= 11 is 0. The molecule has 0 amide bonds. The Balaban J connectivity index is 0.00000120. The van der Waals surface area contributed by atoms with Gasteiger partial charge in [0, 0.05) is 19.2 Å². The largest absolute Gasteiger partial charge is 0.313 e. The van der Waals surface area contributed by atoms with Crippen molar-refractivity contribution in [1.82, 2.24) is 4.98 Å². The van der Waals surface area contributed by atoms with Crippen LogP contribution in [0.2, 0.25) is 0 Å². The third kappa shape index (κ3) is 1.52. The minimum Gasteiger partial charge on any atom is -0.313 e. The van der Waals surface area contributed by atoms with Crippen molar-refractivity contribution in [2.24, 2.45) is 5.84 Å². The van der Waals surface area contributed by atoms with Crippen molar-refractivity contribution in [3.8, 4) is 0 Å². The van der Waals surface area contributed by atoms with E-state index in [0.29, 0.717) is 0 Å². The van der Waals surface area contributed by atoms with Crippen molar-refractivity contribution in [3.63, 3.8) is 0 Å². The van der Waals surface area contributed by atoms with Gasteiger partial charge in [-0.1, -0.05) is 36.4 Å². The Morgan fingerprint density at radius 1 is 0.941 bits per heavy atom. The van der Waals surface area contributed by atoms with Gasteiger partial charge < -0.3 is 5.01 Å². The van der Waals surface area contributed by atoms with E-state index in [-0.39, 0.29) is 1.43 Å². The first-order valence-corrected chi connectivity index (χ1v) is 5.53. The highest BCUT2D eigenvalue weighted by Crippen LogP contribution is 2.31. The molecule has 1 heterocycles. The number of para-hydroxylation sites is 2. The van der Waals surface area contributed by atoms with Crippen LogP contribution in [0.15, 0.2) is 48.5 Å². The first-order chi connectivity index (χ1) is 8.27. The zero-order chi connectivity index (χ0) is 11.8. The fourth-order valence-electron chi connectivity index (χ4n) is 2.20. The molecule has 0 spiro atoms. The summed E-state index contributed by atoms with van der Waals surface area (Å²) in [5, 5.41) is 3.82. The van der Waals surface area contributed by atoms with E-state index in [1.807, 2.05) is 55.6 Å². The summed E-state index contributed by atoms with van der Waals surface area (Å²) in [6, 6.07) is 16.1. The smallest absolute Gasteiger partial charge is 0.0731 e. The third-order valence-corrected chi connectivity index (χ3v) is 2.91. The lowest BCUT2D eigenvalue weighted by molar-refractivity contribution is 1.03. The van der Waals surface area contributed by atoms with E-state index >= 15 is 0 Å². The van der Waals surface area contributed by atoms with Gasteiger partial charge in [-0.2, -0.15) is 0 Å². The van der Waals surface area contributed by atoms with Crippen molar-refractivity contribution in [3.05, 3.63) is 48.5 Å². The highest BCUT2D eigenvalue weighted by atomic mass is 15.4. The maximum Gasteiger partial charge on any atom is 0.0731 e. The molecule has 0 radical (unpaired) electrons. The molecular weight excluding hydrogens is 210 g/mol. The first kappa shape index (κ1) is 10.1. The number of nitrogens with two attached hydrogens (primary N) is 1. The number of anilines is 1. The molecule has 0 aliphatic carbocycles. The maximum absolute atomic E-state index is 5.95. The number of hydrogen-bond donors (Lipinski definition) is 1. The van der Waals surface area contributed by atoms with Crippen LogP contribution < -0.4 is 10.9 Å². The minimum absolute atomic E-state index is 0. The van der Waals surface area contributed by atoms with Crippen LogP contribution in [0.3, 0.4) is 0 Å². The molecule has 0 unspecified atom stereocenters. The highest BCUT2D eigenvalue weighted by Gasteiger charge is 2.09.